The van der Waals surface area contributed by atoms with Gasteiger partial charge in [-0.3, -0.25) is 0 Å². The smallest absolute Gasteiger partial charge is 0.224 e. The number of aromatic amines is 1. The van der Waals surface area contributed by atoms with E-state index in [9.17, 15) is 0 Å². The van der Waals surface area contributed by atoms with Gasteiger partial charge in [0.15, 0.2) is 11.5 Å². The lowest BCUT2D eigenvalue weighted by Crippen LogP contribution is -2.05. The minimum atomic E-state index is 0.170. The molecule has 0 fully saturated rings. The lowest BCUT2D eigenvalue weighted by molar-refractivity contribution is 0.465. The maximum Gasteiger partial charge on any atom is 0.224 e. The Morgan fingerprint density at radius 2 is 2.26 bits per heavy atom. The van der Waals surface area contributed by atoms with Gasteiger partial charge in [-0.15, -0.1) is 0 Å². The summed E-state index contributed by atoms with van der Waals surface area (Å²) in [7, 11) is 0. The molecule has 98 valence electrons. The Bertz CT molecular complexity index is 702. The number of imidazole rings is 1. The number of fused-ring (bicyclic) bond motifs is 1. The number of aryl methyl sites for hydroxylation is 1. The van der Waals surface area contributed by atoms with Crippen molar-refractivity contribution in [2.24, 2.45) is 0 Å². The van der Waals surface area contributed by atoms with Crippen LogP contribution in [0.5, 0.6) is 0 Å². The average molecular weight is 259 g/mol. The van der Waals surface area contributed by atoms with Gasteiger partial charge in [-0.25, -0.2) is 9.97 Å². The van der Waals surface area contributed by atoms with E-state index in [0.717, 1.165) is 12.2 Å². The molecule has 4 N–H and O–H groups in total. The Labute approximate surface area is 108 Å². The Morgan fingerprint density at radius 1 is 1.37 bits per heavy atom. The molecule has 0 bridgehead atoms. The zero-order valence-corrected chi connectivity index (χ0v) is 10.3. The average Bonchev–Trinajstić information content (AvgIpc) is 3.03. The highest BCUT2D eigenvalue weighted by molar-refractivity contribution is 5.83. The number of nitrogens with zero attached hydrogens (tertiary/aromatic N) is 4. The summed E-state index contributed by atoms with van der Waals surface area (Å²) in [5, 5.41) is 3.11. The molecule has 8 nitrogen and oxygen atoms in total. The zero-order chi connectivity index (χ0) is 13.2. The van der Waals surface area contributed by atoms with Gasteiger partial charge in [0.05, 0.1) is 19.1 Å². The van der Waals surface area contributed by atoms with Crippen LogP contribution in [0.3, 0.4) is 0 Å². The second-order valence-corrected chi connectivity index (χ2v) is 3.96. The Hall–Kier alpha value is -2.64. The third-order valence-corrected chi connectivity index (χ3v) is 2.66. The van der Waals surface area contributed by atoms with E-state index in [1.54, 1.807) is 12.5 Å². The predicted molar refractivity (Wildman–Crippen MR) is 69.3 cm³/mol. The van der Waals surface area contributed by atoms with Gasteiger partial charge in [0.2, 0.25) is 11.8 Å². The Balaban J connectivity index is 1.83. The third kappa shape index (κ3) is 2.19. The fourth-order valence-electron chi connectivity index (χ4n) is 1.73. The minimum absolute atomic E-state index is 0.170. The molecule has 0 unspecified atom stereocenters. The van der Waals surface area contributed by atoms with Gasteiger partial charge in [-0.05, 0) is 0 Å². The summed E-state index contributed by atoms with van der Waals surface area (Å²) >= 11 is 0. The summed E-state index contributed by atoms with van der Waals surface area (Å²) in [5.74, 6) is 2.20. The SMILES string of the molecule is CCc1cnc(CNc2nc(N)nc3nc[nH]c23)o1. The molecule has 19 heavy (non-hydrogen) atoms. The second-order valence-electron chi connectivity index (χ2n) is 3.96. The molecule has 0 amide bonds. The summed E-state index contributed by atoms with van der Waals surface area (Å²) < 4.78 is 5.50. The Morgan fingerprint density at radius 3 is 3.05 bits per heavy atom. The topological polar surface area (TPSA) is 119 Å². The normalized spacial score (nSPS) is 11.0. The number of nitrogens with one attached hydrogen (secondary N) is 2. The standard InChI is InChI=1S/C11H13N7O/c1-2-6-3-13-7(19-6)4-14-9-8-10(16-5-15-8)18-11(12)17-9/h3,5H,2,4H2,1H3,(H4,12,14,15,16,17,18). The first-order valence-corrected chi connectivity index (χ1v) is 5.90. The van der Waals surface area contributed by atoms with Crippen molar-refractivity contribution in [3.05, 3.63) is 24.2 Å². The van der Waals surface area contributed by atoms with E-state index in [1.165, 1.54) is 0 Å². The monoisotopic (exact) mass is 259 g/mol. The van der Waals surface area contributed by atoms with Crippen molar-refractivity contribution in [1.29, 1.82) is 0 Å². The van der Waals surface area contributed by atoms with Crippen LogP contribution in [0.2, 0.25) is 0 Å². The van der Waals surface area contributed by atoms with Crippen molar-refractivity contribution in [2.45, 2.75) is 19.9 Å². The van der Waals surface area contributed by atoms with Crippen LogP contribution in [0.15, 0.2) is 16.9 Å². The molecule has 0 saturated heterocycles. The van der Waals surface area contributed by atoms with Crippen molar-refractivity contribution < 1.29 is 4.42 Å². The molecule has 0 saturated carbocycles. The van der Waals surface area contributed by atoms with Crippen molar-refractivity contribution in [1.82, 2.24) is 24.9 Å². The van der Waals surface area contributed by atoms with Crippen LogP contribution in [0.1, 0.15) is 18.6 Å². The number of oxazole rings is 1. The Kier molecular flexibility index (Phi) is 2.75. The van der Waals surface area contributed by atoms with Crippen molar-refractivity contribution in [3.8, 4) is 0 Å². The summed E-state index contributed by atoms with van der Waals surface area (Å²) in [6, 6.07) is 0. The summed E-state index contributed by atoms with van der Waals surface area (Å²) in [4.78, 5) is 19.3. The number of nitrogen functional groups attached to an aromatic ring is 1. The third-order valence-electron chi connectivity index (χ3n) is 2.66. The van der Waals surface area contributed by atoms with Gasteiger partial charge >= 0.3 is 0 Å². The number of hydrogen-bond donors (Lipinski definition) is 3. The molecule has 0 atom stereocenters. The molecule has 3 heterocycles. The first-order chi connectivity index (χ1) is 9.26. The van der Waals surface area contributed by atoms with Crippen LogP contribution < -0.4 is 11.1 Å². The number of H-pyrrole nitrogens is 1. The van der Waals surface area contributed by atoms with Gasteiger partial charge in [0, 0.05) is 6.42 Å². The first kappa shape index (κ1) is 11.5. The molecule has 0 aliphatic heterocycles. The maximum atomic E-state index is 5.62. The van der Waals surface area contributed by atoms with E-state index in [-0.39, 0.29) is 5.95 Å². The molecular weight excluding hydrogens is 246 g/mol. The van der Waals surface area contributed by atoms with Gasteiger partial charge in [-0.1, -0.05) is 6.92 Å². The van der Waals surface area contributed by atoms with E-state index >= 15 is 0 Å². The van der Waals surface area contributed by atoms with Gasteiger partial charge < -0.3 is 20.5 Å². The van der Waals surface area contributed by atoms with E-state index in [0.29, 0.717) is 29.4 Å². The molecule has 8 heteroatoms. The van der Waals surface area contributed by atoms with Crippen molar-refractivity contribution in [2.75, 3.05) is 11.1 Å². The highest BCUT2D eigenvalue weighted by Crippen LogP contribution is 2.18. The highest BCUT2D eigenvalue weighted by atomic mass is 16.4. The summed E-state index contributed by atoms with van der Waals surface area (Å²) in [5.41, 5.74) is 6.85. The second kappa shape index (κ2) is 4.56. The number of aromatic nitrogens is 5. The number of nitrogens with two attached hydrogens (primary N) is 1. The number of hydrogen-bond acceptors (Lipinski definition) is 7. The quantitative estimate of drug-likeness (QED) is 0.641. The van der Waals surface area contributed by atoms with Crippen LogP contribution in [0.25, 0.3) is 11.2 Å². The molecular formula is C11H13N7O. The molecule has 3 rings (SSSR count). The molecule has 0 aliphatic rings. The van der Waals surface area contributed by atoms with E-state index < -0.39 is 0 Å². The molecule has 3 aromatic heterocycles. The largest absolute Gasteiger partial charge is 0.444 e. The van der Waals surface area contributed by atoms with Crippen molar-refractivity contribution in [3.63, 3.8) is 0 Å². The fraction of sp³-hybridized carbons (Fsp3) is 0.273. The summed E-state index contributed by atoms with van der Waals surface area (Å²) in [6.07, 6.45) is 4.08. The van der Waals surface area contributed by atoms with E-state index in [4.69, 9.17) is 10.2 Å². The van der Waals surface area contributed by atoms with Gasteiger partial charge in [0.25, 0.3) is 0 Å². The number of anilines is 2. The lowest BCUT2D eigenvalue weighted by atomic mass is 10.4. The summed E-state index contributed by atoms with van der Waals surface area (Å²) in [6.45, 7) is 2.43. The molecule has 3 aromatic rings. The number of rotatable bonds is 4. The van der Waals surface area contributed by atoms with E-state index in [1.807, 2.05) is 6.92 Å². The minimum Gasteiger partial charge on any atom is -0.444 e. The highest BCUT2D eigenvalue weighted by Gasteiger charge is 2.09. The van der Waals surface area contributed by atoms with E-state index in [2.05, 4.69) is 30.2 Å². The molecule has 0 aliphatic carbocycles. The van der Waals surface area contributed by atoms with Crippen LogP contribution in [-0.2, 0) is 13.0 Å². The van der Waals surface area contributed by atoms with Crippen LogP contribution in [0.4, 0.5) is 11.8 Å². The molecule has 0 radical (unpaired) electrons. The van der Waals surface area contributed by atoms with Crippen molar-refractivity contribution >= 4 is 22.9 Å². The fourth-order valence-corrected chi connectivity index (χ4v) is 1.73. The zero-order valence-electron chi connectivity index (χ0n) is 10.3. The van der Waals surface area contributed by atoms with Crippen LogP contribution >= 0.6 is 0 Å². The molecule has 0 spiro atoms. The van der Waals surface area contributed by atoms with Crippen LogP contribution in [-0.4, -0.2) is 24.9 Å². The van der Waals surface area contributed by atoms with Gasteiger partial charge in [-0.2, -0.15) is 9.97 Å². The van der Waals surface area contributed by atoms with Crippen LogP contribution in [0, 0.1) is 0 Å². The maximum absolute atomic E-state index is 5.62. The lowest BCUT2D eigenvalue weighted by Gasteiger charge is -2.04. The van der Waals surface area contributed by atoms with Gasteiger partial charge in [0.1, 0.15) is 11.3 Å². The predicted octanol–water partition coefficient (Wildman–Crippen LogP) is 1.10. The molecule has 0 aromatic carbocycles. The first-order valence-electron chi connectivity index (χ1n) is 5.90.